The zero-order valence-electron chi connectivity index (χ0n) is 8.33. The topological polar surface area (TPSA) is 44.4 Å². The summed E-state index contributed by atoms with van der Waals surface area (Å²) in [6.07, 6.45) is 0. The Kier molecular flexibility index (Phi) is 2.68. The summed E-state index contributed by atoms with van der Waals surface area (Å²) in [4.78, 5) is 11.2. The first-order valence-electron chi connectivity index (χ1n) is 4.75. The van der Waals surface area contributed by atoms with Gasteiger partial charge < -0.3 is 5.32 Å². The predicted octanol–water partition coefficient (Wildman–Crippen LogP) is 1.76. The van der Waals surface area contributed by atoms with E-state index in [0.717, 1.165) is 5.69 Å². The Bertz CT molecular complexity index is 383. The number of rotatable bonds is 1. The molecule has 1 aliphatic heterocycles. The van der Waals surface area contributed by atoms with Gasteiger partial charge in [-0.15, -0.1) is 0 Å². The third-order valence-corrected chi connectivity index (χ3v) is 2.43. The van der Waals surface area contributed by atoms with E-state index in [-0.39, 0.29) is 12.1 Å². The van der Waals surface area contributed by atoms with Gasteiger partial charge in [-0.25, -0.2) is 10.2 Å². The maximum atomic E-state index is 11.2. The van der Waals surface area contributed by atoms with Gasteiger partial charge in [0, 0.05) is 11.1 Å². The van der Waals surface area contributed by atoms with Crippen molar-refractivity contribution in [2.75, 3.05) is 11.6 Å². The van der Waals surface area contributed by atoms with Gasteiger partial charge in [0.05, 0.1) is 12.2 Å². The van der Waals surface area contributed by atoms with Crippen LogP contribution in [0.4, 0.5) is 10.5 Å². The molecule has 1 fully saturated rings. The molecule has 1 aromatic rings. The number of carbonyl (C=O) groups excluding carboxylic acids is 1. The lowest BCUT2D eigenvalue weighted by atomic mass is 10.2. The summed E-state index contributed by atoms with van der Waals surface area (Å²) in [5, 5.41) is 5.22. The van der Waals surface area contributed by atoms with E-state index in [1.165, 1.54) is 0 Å². The van der Waals surface area contributed by atoms with E-state index in [1.807, 2.05) is 25.1 Å². The van der Waals surface area contributed by atoms with Crippen LogP contribution in [-0.2, 0) is 0 Å². The van der Waals surface area contributed by atoms with Crippen LogP contribution in [-0.4, -0.2) is 18.6 Å². The van der Waals surface area contributed by atoms with Crippen LogP contribution < -0.4 is 15.8 Å². The van der Waals surface area contributed by atoms with Crippen molar-refractivity contribution in [2.45, 2.75) is 13.0 Å². The van der Waals surface area contributed by atoms with Crippen LogP contribution in [0.15, 0.2) is 24.3 Å². The number of nitrogens with zero attached hydrogens (tertiary/aromatic N) is 1. The summed E-state index contributed by atoms with van der Waals surface area (Å²) in [6, 6.07) is 7.32. The summed E-state index contributed by atoms with van der Waals surface area (Å²) >= 11 is 5.88. The highest BCUT2D eigenvalue weighted by molar-refractivity contribution is 6.30. The van der Waals surface area contributed by atoms with Crippen LogP contribution in [0.25, 0.3) is 0 Å². The molecule has 0 radical (unpaired) electrons. The summed E-state index contributed by atoms with van der Waals surface area (Å²) in [5.41, 5.74) is 3.61. The van der Waals surface area contributed by atoms with Gasteiger partial charge in [0.25, 0.3) is 0 Å². The quantitative estimate of drug-likeness (QED) is 0.765. The van der Waals surface area contributed by atoms with E-state index < -0.39 is 0 Å². The zero-order valence-corrected chi connectivity index (χ0v) is 9.08. The largest absolute Gasteiger partial charge is 0.333 e. The van der Waals surface area contributed by atoms with Gasteiger partial charge in [-0.05, 0) is 25.1 Å². The van der Waals surface area contributed by atoms with Crippen LogP contribution in [0.2, 0.25) is 5.02 Å². The van der Waals surface area contributed by atoms with Crippen LogP contribution in [0, 0.1) is 0 Å². The summed E-state index contributed by atoms with van der Waals surface area (Å²) in [5.74, 6) is 0. The van der Waals surface area contributed by atoms with Crippen molar-refractivity contribution in [1.82, 2.24) is 10.7 Å². The molecule has 2 rings (SSSR count). The summed E-state index contributed by atoms with van der Waals surface area (Å²) in [6.45, 7) is 2.67. The zero-order chi connectivity index (χ0) is 10.8. The third kappa shape index (κ3) is 2.33. The number of urea groups is 1. The number of benzene rings is 1. The van der Waals surface area contributed by atoms with Crippen LogP contribution in [0.1, 0.15) is 6.92 Å². The molecule has 0 bridgehead atoms. The fourth-order valence-corrected chi connectivity index (χ4v) is 1.74. The van der Waals surface area contributed by atoms with Crippen LogP contribution in [0.5, 0.6) is 0 Å². The highest BCUT2D eigenvalue weighted by Crippen LogP contribution is 2.19. The first-order valence-corrected chi connectivity index (χ1v) is 5.13. The highest BCUT2D eigenvalue weighted by Gasteiger charge is 2.20. The molecule has 2 amide bonds. The number of hydrogen-bond acceptors (Lipinski definition) is 2. The molecule has 1 heterocycles. The van der Waals surface area contributed by atoms with Crippen molar-refractivity contribution in [3.63, 3.8) is 0 Å². The van der Waals surface area contributed by atoms with Gasteiger partial charge in [0.15, 0.2) is 0 Å². The molecule has 0 saturated carbocycles. The number of hydrazine groups is 1. The number of nitrogens with one attached hydrogen (secondary N) is 2. The average Bonchev–Trinajstić information content (AvgIpc) is 2.16. The first-order chi connectivity index (χ1) is 7.15. The first kappa shape index (κ1) is 10.1. The Balaban J connectivity index is 2.19. The van der Waals surface area contributed by atoms with Crippen molar-refractivity contribution < 1.29 is 4.79 Å². The molecular weight excluding hydrogens is 214 g/mol. The number of anilines is 1. The lowest BCUT2D eigenvalue weighted by molar-refractivity contribution is 0.230. The molecule has 1 saturated heterocycles. The molecule has 1 unspecified atom stereocenters. The summed E-state index contributed by atoms with van der Waals surface area (Å²) < 4.78 is 0. The van der Waals surface area contributed by atoms with Gasteiger partial charge in [0.1, 0.15) is 0 Å². The van der Waals surface area contributed by atoms with E-state index in [0.29, 0.717) is 11.6 Å². The Labute approximate surface area is 93.2 Å². The smallest absolute Gasteiger partial charge is 0.332 e. The maximum absolute atomic E-state index is 11.2. The van der Waals surface area contributed by atoms with E-state index in [1.54, 1.807) is 11.1 Å². The predicted molar refractivity (Wildman–Crippen MR) is 59.9 cm³/mol. The lowest BCUT2D eigenvalue weighted by Gasteiger charge is -2.33. The van der Waals surface area contributed by atoms with Gasteiger partial charge >= 0.3 is 6.03 Å². The monoisotopic (exact) mass is 225 g/mol. The molecule has 15 heavy (non-hydrogen) atoms. The number of carbonyl (C=O) groups is 1. The SMILES string of the molecule is CC1CN(c2cccc(Cl)c2)NC(=O)N1. The summed E-state index contributed by atoms with van der Waals surface area (Å²) in [7, 11) is 0. The van der Waals surface area contributed by atoms with Gasteiger partial charge in [-0.2, -0.15) is 0 Å². The molecule has 0 aromatic heterocycles. The van der Waals surface area contributed by atoms with E-state index in [2.05, 4.69) is 10.7 Å². The second kappa shape index (κ2) is 3.98. The normalized spacial score (nSPS) is 20.8. The minimum Gasteiger partial charge on any atom is -0.332 e. The van der Waals surface area contributed by atoms with Crippen LogP contribution >= 0.6 is 11.6 Å². The third-order valence-electron chi connectivity index (χ3n) is 2.19. The molecule has 1 aliphatic rings. The fourth-order valence-electron chi connectivity index (χ4n) is 1.56. The Morgan fingerprint density at radius 3 is 3.00 bits per heavy atom. The molecule has 0 aliphatic carbocycles. The van der Waals surface area contributed by atoms with Crippen molar-refractivity contribution in [3.8, 4) is 0 Å². The van der Waals surface area contributed by atoms with Crippen molar-refractivity contribution in [1.29, 1.82) is 0 Å². The van der Waals surface area contributed by atoms with Crippen molar-refractivity contribution in [2.24, 2.45) is 0 Å². The average molecular weight is 226 g/mol. The molecule has 2 N–H and O–H groups in total. The Morgan fingerprint density at radius 1 is 1.53 bits per heavy atom. The van der Waals surface area contributed by atoms with Crippen molar-refractivity contribution >= 4 is 23.3 Å². The molecule has 1 aromatic carbocycles. The number of hydrogen-bond donors (Lipinski definition) is 2. The van der Waals surface area contributed by atoms with Gasteiger partial charge in [-0.3, -0.25) is 5.01 Å². The Morgan fingerprint density at radius 2 is 2.33 bits per heavy atom. The number of halogens is 1. The van der Waals surface area contributed by atoms with E-state index >= 15 is 0 Å². The van der Waals surface area contributed by atoms with E-state index in [9.17, 15) is 4.79 Å². The molecule has 80 valence electrons. The second-order valence-electron chi connectivity index (χ2n) is 3.58. The van der Waals surface area contributed by atoms with Gasteiger partial charge in [0.2, 0.25) is 0 Å². The number of amides is 2. The molecule has 0 spiro atoms. The van der Waals surface area contributed by atoms with Crippen molar-refractivity contribution in [3.05, 3.63) is 29.3 Å². The standard InChI is InChI=1S/C10H12ClN3O/c1-7-6-14(13-10(15)12-7)9-4-2-3-8(11)5-9/h2-5,7H,6H2,1H3,(H2,12,13,15). The second-order valence-corrected chi connectivity index (χ2v) is 4.01. The maximum Gasteiger partial charge on any atom is 0.333 e. The lowest BCUT2D eigenvalue weighted by Crippen LogP contribution is -2.60. The highest BCUT2D eigenvalue weighted by atomic mass is 35.5. The molecule has 1 atom stereocenters. The van der Waals surface area contributed by atoms with E-state index in [4.69, 9.17) is 11.6 Å². The van der Waals surface area contributed by atoms with Gasteiger partial charge in [-0.1, -0.05) is 17.7 Å². The Hall–Kier alpha value is -1.42. The molecule has 5 heteroatoms. The fraction of sp³-hybridized carbons (Fsp3) is 0.300. The minimum atomic E-state index is -0.186. The molecular formula is C10H12ClN3O. The molecule has 4 nitrogen and oxygen atoms in total. The van der Waals surface area contributed by atoms with Crippen LogP contribution in [0.3, 0.4) is 0 Å². The minimum absolute atomic E-state index is 0.123.